The SMILES string of the molecule is O=c1[nH]c(CC2(c3ccccc3)CCCCC2)ncc1OCc1ccccc1. The Labute approximate surface area is 165 Å². The molecular weight excluding hydrogens is 348 g/mol. The van der Waals surface area contributed by atoms with E-state index in [9.17, 15) is 4.79 Å². The molecule has 1 fully saturated rings. The molecule has 2 aromatic carbocycles. The maximum atomic E-state index is 12.5. The molecule has 1 saturated carbocycles. The van der Waals surface area contributed by atoms with E-state index in [1.165, 1.54) is 24.8 Å². The number of H-pyrrole nitrogens is 1. The first-order chi connectivity index (χ1) is 13.8. The van der Waals surface area contributed by atoms with Crippen LogP contribution in [0.5, 0.6) is 5.75 Å². The molecular formula is C24H26N2O2. The van der Waals surface area contributed by atoms with Gasteiger partial charge in [-0.25, -0.2) is 4.98 Å². The van der Waals surface area contributed by atoms with Crippen molar-refractivity contribution in [2.24, 2.45) is 0 Å². The fraction of sp³-hybridized carbons (Fsp3) is 0.333. The third kappa shape index (κ3) is 4.16. The molecule has 28 heavy (non-hydrogen) atoms. The number of benzene rings is 2. The fourth-order valence-electron chi connectivity index (χ4n) is 4.26. The molecule has 0 amide bonds. The van der Waals surface area contributed by atoms with E-state index in [-0.39, 0.29) is 16.7 Å². The van der Waals surface area contributed by atoms with Crippen LogP contribution >= 0.6 is 0 Å². The minimum absolute atomic E-state index is 0.0574. The van der Waals surface area contributed by atoms with Crippen LogP contribution in [0.25, 0.3) is 0 Å². The van der Waals surface area contributed by atoms with Crippen molar-refractivity contribution in [1.29, 1.82) is 0 Å². The summed E-state index contributed by atoms with van der Waals surface area (Å²) in [6.07, 6.45) is 8.31. The van der Waals surface area contributed by atoms with Crippen molar-refractivity contribution in [2.45, 2.75) is 50.5 Å². The van der Waals surface area contributed by atoms with Crippen LogP contribution in [-0.2, 0) is 18.4 Å². The highest BCUT2D eigenvalue weighted by Gasteiger charge is 2.34. The summed E-state index contributed by atoms with van der Waals surface area (Å²) < 4.78 is 5.67. The first-order valence-corrected chi connectivity index (χ1v) is 10.1. The monoisotopic (exact) mass is 374 g/mol. The van der Waals surface area contributed by atoms with Gasteiger partial charge in [0.05, 0.1) is 6.20 Å². The molecule has 4 heteroatoms. The molecule has 0 radical (unpaired) electrons. The Morgan fingerprint density at radius 2 is 1.61 bits per heavy atom. The van der Waals surface area contributed by atoms with E-state index >= 15 is 0 Å². The summed E-state index contributed by atoms with van der Waals surface area (Å²) in [7, 11) is 0. The van der Waals surface area contributed by atoms with Crippen LogP contribution in [0.1, 0.15) is 49.1 Å². The number of aromatic amines is 1. The van der Waals surface area contributed by atoms with Gasteiger partial charge < -0.3 is 9.72 Å². The molecule has 1 heterocycles. The van der Waals surface area contributed by atoms with Crippen molar-refractivity contribution in [3.63, 3.8) is 0 Å². The summed E-state index contributed by atoms with van der Waals surface area (Å²) >= 11 is 0. The van der Waals surface area contributed by atoms with Gasteiger partial charge in [-0.1, -0.05) is 79.9 Å². The van der Waals surface area contributed by atoms with E-state index in [0.717, 1.165) is 30.7 Å². The largest absolute Gasteiger partial charge is 0.482 e. The number of aromatic nitrogens is 2. The molecule has 0 atom stereocenters. The lowest BCUT2D eigenvalue weighted by atomic mass is 9.67. The molecule has 0 bridgehead atoms. The van der Waals surface area contributed by atoms with E-state index in [2.05, 4.69) is 40.3 Å². The van der Waals surface area contributed by atoms with Gasteiger partial charge in [0.2, 0.25) is 5.75 Å². The van der Waals surface area contributed by atoms with Gasteiger partial charge in [0.25, 0.3) is 5.56 Å². The van der Waals surface area contributed by atoms with Crippen LogP contribution in [0.3, 0.4) is 0 Å². The van der Waals surface area contributed by atoms with Crippen molar-refractivity contribution in [3.05, 3.63) is 94.2 Å². The summed E-state index contributed by atoms with van der Waals surface area (Å²) in [4.78, 5) is 20.0. The molecule has 0 aliphatic heterocycles. The van der Waals surface area contributed by atoms with E-state index in [0.29, 0.717) is 6.61 Å². The minimum atomic E-state index is -0.208. The molecule has 1 aliphatic rings. The van der Waals surface area contributed by atoms with E-state index in [4.69, 9.17) is 4.74 Å². The van der Waals surface area contributed by atoms with Crippen LogP contribution < -0.4 is 10.3 Å². The van der Waals surface area contributed by atoms with Gasteiger partial charge in [0.1, 0.15) is 12.4 Å². The number of ether oxygens (including phenoxy) is 1. The third-order valence-electron chi connectivity index (χ3n) is 5.76. The van der Waals surface area contributed by atoms with Crippen molar-refractivity contribution < 1.29 is 4.74 Å². The molecule has 1 aromatic heterocycles. The van der Waals surface area contributed by atoms with Crippen LogP contribution in [0.4, 0.5) is 0 Å². The predicted molar refractivity (Wildman–Crippen MR) is 111 cm³/mol. The maximum Gasteiger partial charge on any atom is 0.293 e. The smallest absolute Gasteiger partial charge is 0.293 e. The van der Waals surface area contributed by atoms with Crippen molar-refractivity contribution in [3.8, 4) is 5.75 Å². The first kappa shape index (κ1) is 18.5. The molecule has 0 unspecified atom stereocenters. The summed E-state index contributed by atoms with van der Waals surface area (Å²) in [6, 6.07) is 20.5. The Balaban J connectivity index is 1.52. The maximum absolute atomic E-state index is 12.5. The minimum Gasteiger partial charge on any atom is -0.482 e. The van der Waals surface area contributed by atoms with E-state index in [1.54, 1.807) is 6.20 Å². The zero-order valence-corrected chi connectivity index (χ0v) is 16.1. The average molecular weight is 374 g/mol. The molecule has 0 spiro atoms. The van der Waals surface area contributed by atoms with Gasteiger partial charge in [-0.3, -0.25) is 4.79 Å². The lowest BCUT2D eigenvalue weighted by Gasteiger charge is -2.37. The fourth-order valence-corrected chi connectivity index (χ4v) is 4.26. The first-order valence-electron chi connectivity index (χ1n) is 10.1. The Morgan fingerprint density at radius 3 is 2.29 bits per heavy atom. The van der Waals surface area contributed by atoms with Crippen molar-refractivity contribution in [2.75, 3.05) is 0 Å². The number of rotatable bonds is 6. The van der Waals surface area contributed by atoms with Gasteiger partial charge >= 0.3 is 0 Å². The van der Waals surface area contributed by atoms with Gasteiger partial charge in [-0.15, -0.1) is 0 Å². The lowest BCUT2D eigenvalue weighted by Crippen LogP contribution is -2.33. The van der Waals surface area contributed by atoms with Gasteiger partial charge in [-0.2, -0.15) is 0 Å². The highest BCUT2D eigenvalue weighted by atomic mass is 16.5. The van der Waals surface area contributed by atoms with Gasteiger partial charge in [0.15, 0.2) is 0 Å². The number of nitrogens with zero attached hydrogens (tertiary/aromatic N) is 1. The Bertz CT molecular complexity index is 945. The second kappa shape index (κ2) is 8.42. The van der Waals surface area contributed by atoms with E-state index < -0.39 is 0 Å². The number of hydrogen-bond donors (Lipinski definition) is 1. The Morgan fingerprint density at radius 1 is 0.929 bits per heavy atom. The summed E-state index contributed by atoms with van der Waals surface area (Å²) in [6.45, 7) is 0.360. The topological polar surface area (TPSA) is 55.0 Å². The molecule has 4 rings (SSSR count). The van der Waals surface area contributed by atoms with Crippen LogP contribution in [-0.4, -0.2) is 9.97 Å². The van der Waals surface area contributed by atoms with Gasteiger partial charge in [0, 0.05) is 11.8 Å². The Hall–Kier alpha value is -2.88. The van der Waals surface area contributed by atoms with Crippen LogP contribution in [0.2, 0.25) is 0 Å². The zero-order chi connectivity index (χ0) is 19.2. The molecule has 0 saturated heterocycles. The molecule has 1 N–H and O–H groups in total. The molecule has 144 valence electrons. The number of nitrogens with one attached hydrogen (secondary N) is 1. The second-order valence-corrected chi connectivity index (χ2v) is 7.68. The second-order valence-electron chi connectivity index (χ2n) is 7.68. The molecule has 1 aliphatic carbocycles. The van der Waals surface area contributed by atoms with Crippen LogP contribution in [0, 0.1) is 0 Å². The summed E-state index contributed by atoms with van der Waals surface area (Å²) in [5.74, 6) is 1.01. The standard InChI is InChI=1S/C24H26N2O2/c27-23-21(28-18-19-10-4-1-5-11-19)17-25-22(26-23)16-24(14-8-3-9-15-24)20-12-6-2-7-13-20/h1-2,4-7,10-13,17H,3,8-9,14-16,18H2,(H,25,26,27). The summed E-state index contributed by atoms with van der Waals surface area (Å²) in [5, 5.41) is 0. The Kier molecular flexibility index (Phi) is 5.56. The van der Waals surface area contributed by atoms with Crippen LogP contribution in [0.15, 0.2) is 71.7 Å². The lowest BCUT2D eigenvalue weighted by molar-refractivity contribution is 0.282. The molecule has 3 aromatic rings. The third-order valence-corrected chi connectivity index (χ3v) is 5.76. The quantitative estimate of drug-likeness (QED) is 0.675. The summed E-state index contributed by atoms with van der Waals surface area (Å²) in [5.41, 5.74) is 2.22. The van der Waals surface area contributed by atoms with Crippen molar-refractivity contribution >= 4 is 0 Å². The predicted octanol–water partition coefficient (Wildman–Crippen LogP) is 4.79. The van der Waals surface area contributed by atoms with Crippen molar-refractivity contribution in [1.82, 2.24) is 9.97 Å². The normalized spacial score (nSPS) is 15.9. The number of hydrogen-bond acceptors (Lipinski definition) is 3. The zero-order valence-electron chi connectivity index (χ0n) is 16.1. The highest BCUT2D eigenvalue weighted by molar-refractivity contribution is 5.28. The average Bonchev–Trinajstić information content (AvgIpc) is 2.75. The highest BCUT2D eigenvalue weighted by Crippen LogP contribution is 2.41. The van der Waals surface area contributed by atoms with E-state index in [1.807, 2.05) is 30.3 Å². The van der Waals surface area contributed by atoms with Gasteiger partial charge in [-0.05, 0) is 24.0 Å². The molecule has 4 nitrogen and oxygen atoms in total.